The molecule has 0 atom stereocenters. The van der Waals surface area contributed by atoms with Crippen molar-refractivity contribution in [2.45, 2.75) is 6.92 Å². The average molecular weight is 123 g/mol. The van der Waals surface area contributed by atoms with Crippen molar-refractivity contribution in [1.29, 1.82) is 0 Å². The minimum atomic E-state index is -0.931. The lowest BCUT2D eigenvalue weighted by molar-refractivity contribution is 0.183. The summed E-state index contributed by atoms with van der Waals surface area (Å²) in [6.45, 7) is 0.188. The highest BCUT2D eigenvalue weighted by Gasteiger charge is 2.21. The Morgan fingerprint density at radius 2 is 1.75 bits per heavy atom. The third-order valence-electron chi connectivity index (χ3n) is 1.14. The van der Waals surface area contributed by atoms with Gasteiger partial charge in [0.2, 0.25) is 0 Å². The first-order valence-corrected chi connectivity index (χ1v) is 2.50. The predicted octanol–water partition coefficient (Wildman–Crippen LogP) is 0.890. The molecular weight excluding hydrogens is 112 g/mol. The molecule has 3 heteroatoms. The monoisotopic (exact) mass is 123 g/mol. The fraction of sp³-hybridized carbons (Fsp3) is 1.00. The third-order valence-corrected chi connectivity index (χ3v) is 1.14. The van der Waals surface area contributed by atoms with Crippen LogP contribution >= 0.6 is 0 Å². The summed E-state index contributed by atoms with van der Waals surface area (Å²) in [6.07, 6.45) is 0. The molecule has 0 aromatic heterocycles. The van der Waals surface area contributed by atoms with E-state index >= 15 is 0 Å². The zero-order valence-corrected chi connectivity index (χ0v) is 4.95. The zero-order chi connectivity index (χ0) is 6.62. The standard InChI is InChI=1S/C5H11F2N/c1-5(2-6,3-7)4-8/h2-4,8H2,1H3. The van der Waals surface area contributed by atoms with Crippen LogP contribution < -0.4 is 5.73 Å². The Morgan fingerprint density at radius 3 is 1.75 bits per heavy atom. The Hall–Kier alpha value is -0.180. The van der Waals surface area contributed by atoms with Crippen molar-refractivity contribution in [3.8, 4) is 0 Å². The van der Waals surface area contributed by atoms with Crippen molar-refractivity contribution in [3.05, 3.63) is 0 Å². The molecule has 0 fully saturated rings. The van der Waals surface area contributed by atoms with Crippen molar-refractivity contribution in [2.24, 2.45) is 11.1 Å². The van der Waals surface area contributed by atoms with Crippen molar-refractivity contribution in [3.63, 3.8) is 0 Å². The van der Waals surface area contributed by atoms with Crippen LogP contribution in [0.1, 0.15) is 6.92 Å². The molecule has 0 rings (SSSR count). The van der Waals surface area contributed by atoms with Gasteiger partial charge in [-0.3, -0.25) is 8.78 Å². The molecule has 0 heterocycles. The molecule has 0 aliphatic heterocycles. The first kappa shape index (κ1) is 7.82. The molecule has 0 amide bonds. The van der Waals surface area contributed by atoms with E-state index in [2.05, 4.69) is 0 Å². The van der Waals surface area contributed by atoms with Crippen LogP contribution in [-0.2, 0) is 0 Å². The fourth-order valence-electron chi connectivity index (χ4n) is 0.145. The van der Waals surface area contributed by atoms with Gasteiger partial charge in [-0.05, 0) is 0 Å². The van der Waals surface area contributed by atoms with E-state index in [0.29, 0.717) is 0 Å². The van der Waals surface area contributed by atoms with Crippen molar-refractivity contribution >= 4 is 0 Å². The minimum absolute atomic E-state index is 0.0694. The fourth-order valence-corrected chi connectivity index (χ4v) is 0.145. The smallest absolute Gasteiger partial charge is 0.0985 e. The molecule has 1 nitrogen and oxygen atoms in total. The largest absolute Gasteiger partial charge is 0.330 e. The first-order chi connectivity index (χ1) is 3.68. The lowest BCUT2D eigenvalue weighted by atomic mass is 9.95. The number of alkyl halides is 2. The summed E-state index contributed by atoms with van der Waals surface area (Å²) < 4.78 is 23.4. The van der Waals surface area contributed by atoms with Gasteiger partial charge in [0.1, 0.15) is 0 Å². The van der Waals surface area contributed by atoms with Crippen LogP contribution in [0, 0.1) is 5.41 Å². The second-order valence-electron chi connectivity index (χ2n) is 2.28. The van der Waals surface area contributed by atoms with Gasteiger partial charge in [-0.2, -0.15) is 0 Å². The zero-order valence-electron chi connectivity index (χ0n) is 4.95. The molecule has 0 aromatic carbocycles. The van der Waals surface area contributed by atoms with Gasteiger partial charge in [0, 0.05) is 12.0 Å². The van der Waals surface area contributed by atoms with Crippen LogP contribution in [0.5, 0.6) is 0 Å². The topological polar surface area (TPSA) is 26.0 Å². The van der Waals surface area contributed by atoms with Crippen LogP contribution in [0.25, 0.3) is 0 Å². The molecule has 0 aliphatic carbocycles. The maximum absolute atomic E-state index is 11.7. The maximum atomic E-state index is 11.7. The Balaban J connectivity index is 3.58. The van der Waals surface area contributed by atoms with E-state index in [1.54, 1.807) is 0 Å². The number of halogens is 2. The summed E-state index contributed by atoms with van der Waals surface area (Å²) >= 11 is 0. The Labute approximate surface area is 47.9 Å². The van der Waals surface area contributed by atoms with E-state index in [0.717, 1.165) is 0 Å². The van der Waals surface area contributed by atoms with E-state index in [-0.39, 0.29) is 6.54 Å². The molecule has 0 saturated heterocycles. The highest BCUT2D eigenvalue weighted by Crippen LogP contribution is 2.14. The number of hydrogen-bond acceptors (Lipinski definition) is 1. The van der Waals surface area contributed by atoms with Crippen LogP contribution in [0.15, 0.2) is 0 Å². The van der Waals surface area contributed by atoms with E-state index in [1.807, 2.05) is 0 Å². The normalized spacial score (nSPS) is 12.0. The van der Waals surface area contributed by atoms with Crippen molar-refractivity contribution < 1.29 is 8.78 Å². The molecule has 0 radical (unpaired) electrons. The number of rotatable bonds is 3. The molecule has 0 spiro atoms. The highest BCUT2D eigenvalue weighted by atomic mass is 19.1. The lowest BCUT2D eigenvalue weighted by Gasteiger charge is -2.18. The molecular formula is C5H11F2N. The van der Waals surface area contributed by atoms with Gasteiger partial charge in [-0.1, -0.05) is 6.92 Å². The van der Waals surface area contributed by atoms with Gasteiger partial charge < -0.3 is 5.73 Å². The predicted molar refractivity (Wildman–Crippen MR) is 29.1 cm³/mol. The quantitative estimate of drug-likeness (QED) is 0.592. The van der Waals surface area contributed by atoms with E-state index in [1.165, 1.54) is 6.92 Å². The molecule has 0 aliphatic rings. The van der Waals surface area contributed by atoms with Crippen molar-refractivity contribution in [2.75, 3.05) is 19.9 Å². The van der Waals surface area contributed by atoms with Crippen LogP contribution in [0.3, 0.4) is 0 Å². The summed E-state index contributed by atoms with van der Waals surface area (Å²) in [5, 5.41) is 0. The second kappa shape index (κ2) is 2.97. The molecule has 2 N–H and O–H groups in total. The molecule has 50 valence electrons. The first-order valence-electron chi connectivity index (χ1n) is 2.50. The summed E-state index contributed by atoms with van der Waals surface area (Å²) in [4.78, 5) is 0. The maximum Gasteiger partial charge on any atom is 0.0985 e. The minimum Gasteiger partial charge on any atom is -0.330 e. The van der Waals surface area contributed by atoms with E-state index in [4.69, 9.17) is 5.73 Å². The molecule has 0 bridgehead atoms. The highest BCUT2D eigenvalue weighted by molar-refractivity contribution is 4.72. The van der Waals surface area contributed by atoms with Gasteiger partial charge in [0.25, 0.3) is 0 Å². The molecule has 8 heavy (non-hydrogen) atoms. The van der Waals surface area contributed by atoms with Crippen LogP contribution in [-0.4, -0.2) is 19.9 Å². The third kappa shape index (κ3) is 1.74. The SMILES string of the molecule is CC(CN)(CF)CF. The van der Waals surface area contributed by atoms with Gasteiger partial charge in [-0.25, -0.2) is 0 Å². The van der Waals surface area contributed by atoms with E-state index < -0.39 is 18.8 Å². The van der Waals surface area contributed by atoms with E-state index in [9.17, 15) is 8.78 Å². The Bertz CT molecular complexity index is 53.2. The summed E-state index contributed by atoms with van der Waals surface area (Å²) in [6, 6.07) is 0. The summed E-state index contributed by atoms with van der Waals surface area (Å²) in [5.74, 6) is 0. The second-order valence-corrected chi connectivity index (χ2v) is 2.28. The van der Waals surface area contributed by atoms with Gasteiger partial charge in [-0.15, -0.1) is 0 Å². The molecule has 0 aromatic rings. The van der Waals surface area contributed by atoms with Gasteiger partial charge in [0.05, 0.1) is 13.3 Å². The Kier molecular flexibility index (Phi) is 2.90. The number of nitrogens with two attached hydrogens (primary N) is 1. The molecule has 0 unspecified atom stereocenters. The average Bonchev–Trinajstić information content (AvgIpc) is 1.87. The van der Waals surface area contributed by atoms with Gasteiger partial charge in [0.15, 0.2) is 0 Å². The van der Waals surface area contributed by atoms with Crippen LogP contribution in [0.4, 0.5) is 8.78 Å². The van der Waals surface area contributed by atoms with Gasteiger partial charge >= 0.3 is 0 Å². The number of hydrogen-bond donors (Lipinski definition) is 1. The van der Waals surface area contributed by atoms with Crippen molar-refractivity contribution in [1.82, 2.24) is 0 Å². The summed E-state index contributed by atoms with van der Waals surface area (Å²) in [5.41, 5.74) is 4.12. The Morgan fingerprint density at radius 1 is 1.38 bits per heavy atom. The summed E-state index contributed by atoms with van der Waals surface area (Å²) in [7, 11) is 0. The molecule has 0 saturated carbocycles. The lowest BCUT2D eigenvalue weighted by Crippen LogP contribution is -2.31. The van der Waals surface area contributed by atoms with Crippen LogP contribution in [0.2, 0.25) is 0 Å².